The van der Waals surface area contributed by atoms with Crippen molar-refractivity contribution in [3.8, 4) is 11.8 Å². The van der Waals surface area contributed by atoms with E-state index in [1.54, 1.807) is 6.92 Å². The number of nitrogens with one attached hydrogen (secondary N) is 1. The fraction of sp³-hybridized carbons (Fsp3) is 0.615. The zero-order chi connectivity index (χ0) is 13.2. The van der Waals surface area contributed by atoms with Crippen molar-refractivity contribution in [1.29, 1.82) is 0 Å². The molecule has 1 spiro atoms. The Balaban J connectivity index is 2.19. The van der Waals surface area contributed by atoms with Gasteiger partial charge < -0.3 is 0 Å². The Hall–Kier alpha value is -1.83. The van der Waals surface area contributed by atoms with Crippen LogP contribution in [0.3, 0.4) is 0 Å². The van der Waals surface area contributed by atoms with Crippen LogP contribution in [0.1, 0.15) is 39.0 Å². The number of urea groups is 1. The summed E-state index contributed by atoms with van der Waals surface area (Å²) in [6, 6.07) is -0.611. The molecular formula is C13H16N2O3. The Morgan fingerprint density at radius 2 is 1.94 bits per heavy atom. The largest absolute Gasteiger partial charge is 0.330 e. The molecule has 0 aromatic rings. The first kappa shape index (κ1) is 12.6. The van der Waals surface area contributed by atoms with Gasteiger partial charge in [-0.3, -0.25) is 19.8 Å². The summed E-state index contributed by atoms with van der Waals surface area (Å²) in [5.41, 5.74) is -0.993. The molecule has 0 unspecified atom stereocenters. The van der Waals surface area contributed by atoms with Crippen LogP contribution in [0.5, 0.6) is 0 Å². The maximum atomic E-state index is 12.4. The van der Waals surface area contributed by atoms with E-state index in [4.69, 9.17) is 0 Å². The van der Waals surface area contributed by atoms with E-state index in [9.17, 15) is 14.4 Å². The topological polar surface area (TPSA) is 66.5 Å². The average Bonchev–Trinajstić information content (AvgIpc) is 2.82. The van der Waals surface area contributed by atoms with Gasteiger partial charge in [-0.25, -0.2) is 4.79 Å². The molecule has 0 aromatic carbocycles. The van der Waals surface area contributed by atoms with Crippen molar-refractivity contribution in [2.75, 3.05) is 6.54 Å². The molecule has 2 fully saturated rings. The molecule has 1 aliphatic carbocycles. The van der Waals surface area contributed by atoms with Gasteiger partial charge in [-0.05, 0) is 19.8 Å². The lowest BCUT2D eigenvalue weighted by molar-refractivity contribution is -0.151. The normalized spacial score (nSPS) is 21.8. The van der Waals surface area contributed by atoms with Gasteiger partial charge in [0.2, 0.25) is 11.8 Å². The van der Waals surface area contributed by atoms with Gasteiger partial charge >= 0.3 is 6.03 Å². The minimum Gasteiger partial charge on any atom is -0.277 e. The molecule has 1 saturated carbocycles. The van der Waals surface area contributed by atoms with Crippen molar-refractivity contribution in [1.82, 2.24) is 10.2 Å². The van der Waals surface area contributed by atoms with Crippen molar-refractivity contribution in [3.05, 3.63) is 0 Å². The molecule has 1 saturated heterocycles. The molecular weight excluding hydrogens is 232 g/mol. The number of hydrogen-bond acceptors (Lipinski definition) is 3. The summed E-state index contributed by atoms with van der Waals surface area (Å²) in [5.74, 6) is 4.77. The number of barbiturate groups is 1. The fourth-order valence-electron chi connectivity index (χ4n) is 2.65. The van der Waals surface area contributed by atoms with Gasteiger partial charge in [0.1, 0.15) is 5.41 Å². The van der Waals surface area contributed by atoms with Crippen LogP contribution < -0.4 is 5.32 Å². The molecule has 5 nitrogen and oxygen atoms in total. The third-order valence-electron chi connectivity index (χ3n) is 3.65. The van der Waals surface area contributed by atoms with Crippen LogP contribution in [-0.4, -0.2) is 29.3 Å². The van der Waals surface area contributed by atoms with Gasteiger partial charge in [0, 0.05) is 13.0 Å². The zero-order valence-corrected chi connectivity index (χ0v) is 10.4. The highest BCUT2D eigenvalue weighted by molar-refractivity contribution is 6.19. The van der Waals surface area contributed by atoms with Gasteiger partial charge in [0.05, 0.1) is 0 Å². The summed E-state index contributed by atoms with van der Waals surface area (Å²) in [6.45, 7) is 1.96. The van der Waals surface area contributed by atoms with Crippen molar-refractivity contribution < 1.29 is 14.4 Å². The second kappa shape index (κ2) is 4.81. The molecule has 0 bridgehead atoms. The van der Waals surface area contributed by atoms with Crippen molar-refractivity contribution >= 4 is 17.8 Å². The SMILES string of the molecule is CC#CCCN1C(=O)NC(=O)C2(CCCC2)C1=O. The van der Waals surface area contributed by atoms with E-state index < -0.39 is 17.4 Å². The molecule has 18 heavy (non-hydrogen) atoms. The van der Waals surface area contributed by atoms with Crippen LogP contribution in [0.2, 0.25) is 0 Å². The monoisotopic (exact) mass is 248 g/mol. The summed E-state index contributed by atoms with van der Waals surface area (Å²) in [7, 11) is 0. The van der Waals surface area contributed by atoms with Crippen molar-refractivity contribution in [2.24, 2.45) is 5.41 Å². The van der Waals surface area contributed by atoms with E-state index >= 15 is 0 Å². The Bertz CT molecular complexity index is 453. The molecule has 5 heteroatoms. The highest BCUT2D eigenvalue weighted by Gasteiger charge is 2.54. The Kier molecular flexibility index (Phi) is 3.37. The predicted molar refractivity (Wildman–Crippen MR) is 64.2 cm³/mol. The van der Waals surface area contributed by atoms with Crippen LogP contribution in [0, 0.1) is 17.3 Å². The quantitative estimate of drug-likeness (QED) is 0.586. The second-order valence-corrected chi connectivity index (χ2v) is 4.68. The fourth-order valence-corrected chi connectivity index (χ4v) is 2.65. The van der Waals surface area contributed by atoms with Crippen LogP contribution in [-0.2, 0) is 9.59 Å². The number of imide groups is 2. The first-order valence-electron chi connectivity index (χ1n) is 6.19. The third-order valence-corrected chi connectivity index (χ3v) is 3.65. The van der Waals surface area contributed by atoms with E-state index in [2.05, 4.69) is 17.2 Å². The van der Waals surface area contributed by atoms with Crippen molar-refractivity contribution in [2.45, 2.75) is 39.0 Å². The van der Waals surface area contributed by atoms with E-state index in [1.807, 2.05) is 0 Å². The van der Waals surface area contributed by atoms with Crippen LogP contribution in [0.4, 0.5) is 4.79 Å². The molecule has 2 aliphatic rings. The lowest BCUT2D eigenvalue weighted by atomic mass is 9.82. The average molecular weight is 248 g/mol. The zero-order valence-electron chi connectivity index (χ0n) is 10.4. The van der Waals surface area contributed by atoms with Gasteiger partial charge in [-0.2, -0.15) is 0 Å². The minimum atomic E-state index is -0.993. The summed E-state index contributed by atoms with van der Waals surface area (Å²) >= 11 is 0. The minimum absolute atomic E-state index is 0.251. The van der Waals surface area contributed by atoms with E-state index in [1.165, 1.54) is 0 Å². The standard InChI is InChI=1S/C13H16N2O3/c1-2-3-6-9-15-11(17)13(7-4-5-8-13)10(16)14-12(15)18/h4-9H2,1H3,(H,14,16,18). The molecule has 0 radical (unpaired) electrons. The first-order valence-corrected chi connectivity index (χ1v) is 6.19. The molecule has 96 valence electrons. The van der Waals surface area contributed by atoms with Gasteiger partial charge in [-0.15, -0.1) is 11.8 Å². The molecule has 0 atom stereocenters. The Labute approximate surface area is 106 Å². The lowest BCUT2D eigenvalue weighted by Gasteiger charge is -2.36. The summed E-state index contributed by atoms with van der Waals surface area (Å²) in [5, 5.41) is 2.30. The van der Waals surface area contributed by atoms with Crippen molar-refractivity contribution in [3.63, 3.8) is 0 Å². The van der Waals surface area contributed by atoms with E-state index in [0.29, 0.717) is 19.3 Å². The maximum Gasteiger partial charge on any atom is 0.330 e. The summed E-state index contributed by atoms with van der Waals surface area (Å²) < 4.78 is 0. The molecule has 1 N–H and O–H groups in total. The number of carbonyl (C=O) groups is 3. The molecule has 2 rings (SSSR count). The number of carbonyl (C=O) groups excluding carboxylic acids is 3. The molecule has 0 aromatic heterocycles. The lowest BCUT2D eigenvalue weighted by Crippen LogP contribution is -2.63. The van der Waals surface area contributed by atoms with Gasteiger partial charge in [0.15, 0.2) is 0 Å². The maximum absolute atomic E-state index is 12.4. The smallest absolute Gasteiger partial charge is 0.277 e. The molecule has 1 heterocycles. The number of rotatable bonds is 2. The van der Waals surface area contributed by atoms with E-state index in [-0.39, 0.29) is 12.5 Å². The highest BCUT2D eigenvalue weighted by atomic mass is 16.2. The van der Waals surface area contributed by atoms with Gasteiger partial charge in [0.25, 0.3) is 0 Å². The summed E-state index contributed by atoms with van der Waals surface area (Å²) in [6.07, 6.45) is 3.24. The van der Waals surface area contributed by atoms with Crippen LogP contribution in [0.15, 0.2) is 0 Å². The van der Waals surface area contributed by atoms with E-state index in [0.717, 1.165) is 17.7 Å². The molecule has 1 aliphatic heterocycles. The third kappa shape index (κ3) is 1.88. The van der Waals surface area contributed by atoms with Gasteiger partial charge in [-0.1, -0.05) is 12.8 Å². The number of hydrogen-bond donors (Lipinski definition) is 1. The Morgan fingerprint density at radius 3 is 2.56 bits per heavy atom. The highest BCUT2D eigenvalue weighted by Crippen LogP contribution is 2.41. The first-order chi connectivity index (χ1) is 8.62. The molecule has 4 amide bonds. The number of nitrogens with zero attached hydrogens (tertiary/aromatic N) is 1. The Morgan fingerprint density at radius 1 is 1.28 bits per heavy atom. The van der Waals surface area contributed by atoms with Crippen LogP contribution >= 0.6 is 0 Å². The predicted octanol–water partition coefficient (Wildman–Crippen LogP) is 1.04. The number of amides is 4. The van der Waals surface area contributed by atoms with Crippen LogP contribution in [0.25, 0.3) is 0 Å². The second-order valence-electron chi connectivity index (χ2n) is 4.68. The summed E-state index contributed by atoms with van der Waals surface area (Å²) in [4.78, 5) is 37.1.